The van der Waals surface area contributed by atoms with Crippen molar-refractivity contribution in [2.45, 2.75) is 38.3 Å². The molecule has 0 amide bonds. The highest BCUT2D eigenvalue weighted by molar-refractivity contribution is 7.92. The van der Waals surface area contributed by atoms with Gasteiger partial charge in [-0.05, 0) is 49.6 Å². The van der Waals surface area contributed by atoms with E-state index in [-0.39, 0.29) is 29.1 Å². The lowest BCUT2D eigenvalue weighted by atomic mass is 10.1. The number of imidazole rings is 1. The molecule has 1 aromatic carbocycles. The van der Waals surface area contributed by atoms with Crippen LogP contribution in [0.15, 0.2) is 48.5 Å². The van der Waals surface area contributed by atoms with Crippen LogP contribution in [0.1, 0.15) is 49.1 Å². The summed E-state index contributed by atoms with van der Waals surface area (Å²) in [5.74, 6) is -0.228. The molecule has 1 fully saturated rings. The first-order valence-corrected chi connectivity index (χ1v) is 14.1. The van der Waals surface area contributed by atoms with Crippen LogP contribution in [0, 0.1) is 6.57 Å². The molecule has 1 unspecified atom stereocenters. The lowest BCUT2D eigenvalue weighted by molar-refractivity contribution is -0.0363. The van der Waals surface area contributed by atoms with E-state index in [0.717, 1.165) is 19.1 Å². The van der Waals surface area contributed by atoms with E-state index in [0.29, 0.717) is 35.8 Å². The number of aromatic nitrogens is 4. The topological polar surface area (TPSA) is 115 Å². The number of hydrogen-bond donors (Lipinski definition) is 2. The highest BCUT2D eigenvalue weighted by atomic mass is 32.2. The van der Waals surface area contributed by atoms with Crippen molar-refractivity contribution < 1.29 is 21.9 Å². The number of sulfonamides is 1. The zero-order valence-corrected chi connectivity index (χ0v) is 21.8. The molecule has 1 atom stereocenters. The van der Waals surface area contributed by atoms with Crippen molar-refractivity contribution in [3.63, 3.8) is 0 Å². The number of alkyl halides is 2. The second-order valence-electron chi connectivity index (χ2n) is 9.12. The van der Waals surface area contributed by atoms with Crippen LogP contribution in [0.2, 0.25) is 0 Å². The highest BCUT2D eigenvalue weighted by Crippen LogP contribution is 2.37. The van der Waals surface area contributed by atoms with Crippen LogP contribution in [0.5, 0.6) is 0 Å². The van der Waals surface area contributed by atoms with Gasteiger partial charge in [0.2, 0.25) is 10.0 Å². The fourth-order valence-electron chi connectivity index (χ4n) is 4.52. The molecule has 1 aliphatic rings. The van der Waals surface area contributed by atoms with Gasteiger partial charge in [0, 0.05) is 6.61 Å². The summed E-state index contributed by atoms with van der Waals surface area (Å²) >= 11 is 0. The van der Waals surface area contributed by atoms with Gasteiger partial charge in [-0.2, -0.15) is 0 Å². The largest absolute Gasteiger partial charge is 0.361 e. The van der Waals surface area contributed by atoms with Gasteiger partial charge in [-0.25, -0.2) is 27.2 Å². The average Bonchev–Trinajstić information content (AvgIpc) is 3.30. The summed E-state index contributed by atoms with van der Waals surface area (Å²) < 4.78 is 62.1. The number of anilines is 3. The molecule has 39 heavy (non-hydrogen) atoms. The van der Waals surface area contributed by atoms with Crippen molar-refractivity contribution in [3.8, 4) is 0 Å². The van der Waals surface area contributed by atoms with Gasteiger partial charge in [0.25, 0.3) is 12.2 Å². The Kier molecular flexibility index (Phi) is 7.40. The Morgan fingerprint density at radius 3 is 2.56 bits per heavy atom. The third kappa shape index (κ3) is 5.97. The van der Waals surface area contributed by atoms with E-state index >= 15 is 0 Å². The molecule has 0 radical (unpaired) electrons. The van der Waals surface area contributed by atoms with Crippen LogP contribution in [0.3, 0.4) is 0 Å². The summed E-state index contributed by atoms with van der Waals surface area (Å²) in [6.45, 7) is 7.69. The first-order valence-electron chi connectivity index (χ1n) is 12.2. The molecule has 1 aliphatic heterocycles. The normalized spacial score (nSPS) is 15.8. The minimum Gasteiger partial charge on any atom is -0.361 e. The van der Waals surface area contributed by atoms with Crippen molar-refractivity contribution in [1.29, 1.82) is 0 Å². The van der Waals surface area contributed by atoms with Gasteiger partial charge in [-0.3, -0.25) is 9.29 Å². The molecule has 0 bridgehead atoms. The number of nitrogens with one attached hydrogen (secondary N) is 2. The molecule has 2 N–H and O–H groups in total. The van der Waals surface area contributed by atoms with Crippen molar-refractivity contribution in [2.75, 3.05) is 22.9 Å². The second kappa shape index (κ2) is 10.9. The quantitative estimate of drug-likeness (QED) is 0.268. The molecule has 10 nitrogen and oxygen atoms in total. The molecule has 4 aromatic rings. The minimum atomic E-state index is -3.59. The van der Waals surface area contributed by atoms with E-state index in [9.17, 15) is 17.2 Å². The first-order chi connectivity index (χ1) is 18.7. The predicted octanol–water partition coefficient (Wildman–Crippen LogP) is 5.72. The molecule has 0 saturated carbocycles. The van der Waals surface area contributed by atoms with Gasteiger partial charge in [0.05, 0.1) is 35.4 Å². The maximum Gasteiger partial charge on any atom is 0.295 e. The fraction of sp³-hybridized carbons (Fsp3) is 0.308. The van der Waals surface area contributed by atoms with Gasteiger partial charge >= 0.3 is 0 Å². The SMILES string of the molecule is [C-]#[N+]c1cccc(Cc2cc(Nc3ccccc3NS(C)(=O)=O)c3nc(C(F)F)n(C4CCCCO4)c3n2)n1. The van der Waals surface area contributed by atoms with Crippen molar-refractivity contribution in [1.82, 2.24) is 19.5 Å². The van der Waals surface area contributed by atoms with E-state index in [4.69, 9.17) is 16.3 Å². The number of fused-ring (bicyclic) bond motifs is 1. The molecule has 0 aliphatic carbocycles. The summed E-state index contributed by atoms with van der Waals surface area (Å²) in [4.78, 5) is 16.7. The van der Waals surface area contributed by atoms with Gasteiger partial charge in [0.15, 0.2) is 11.5 Å². The molecule has 3 aromatic heterocycles. The standard InChI is InChI=1S/C26H25F2N7O3S/c1-29-21-11-7-8-16(30-21)14-17-15-20(32-18-9-3-4-10-19(18)34-39(2,36)37)23-25(31-17)35(26(33-23)24(27)28)22-12-5-6-13-38-22/h3-4,7-11,15,22,24,34H,5-6,12-14H2,2H3,(H,31,32). The highest BCUT2D eigenvalue weighted by Gasteiger charge is 2.29. The molecule has 1 saturated heterocycles. The van der Waals surface area contributed by atoms with Crippen molar-refractivity contribution in [3.05, 3.63) is 77.2 Å². The number of pyridine rings is 2. The smallest absolute Gasteiger partial charge is 0.295 e. The number of ether oxygens (including phenoxy) is 1. The van der Waals surface area contributed by atoms with Gasteiger partial charge < -0.3 is 14.9 Å². The third-order valence-electron chi connectivity index (χ3n) is 6.13. The molecular weight excluding hydrogens is 528 g/mol. The van der Waals surface area contributed by atoms with Crippen LogP contribution >= 0.6 is 0 Å². The van der Waals surface area contributed by atoms with Crippen molar-refractivity contribution in [2.24, 2.45) is 0 Å². The molecule has 202 valence electrons. The summed E-state index contributed by atoms with van der Waals surface area (Å²) in [7, 11) is -3.59. The van der Waals surface area contributed by atoms with Gasteiger partial charge in [-0.15, -0.1) is 4.98 Å². The van der Waals surface area contributed by atoms with E-state index in [2.05, 4.69) is 24.9 Å². The number of benzene rings is 1. The molecular formula is C26H25F2N7O3S. The van der Waals surface area contributed by atoms with Crippen LogP contribution in [-0.2, 0) is 21.2 Å². The zero-order chi connectivity index (χ0) is 27.6. The maximum atomic E-state index is 14.3. The number of hydrogen-bond acceptors (Lipinski definition) is 7. The van der Waals surface area contributed by atoms with E-state index < -0.39 is 28.5 Å². The monoisotopic (exact) mass is 553 g/mol. The Bertz CT molecular complexity index is 1660. The summed E-state index contributed by atoms with van der Waals surface area (Å²) in [6, 6.07) is 13.4. The van der Waals surface area contributed by atoms with E-state index in [1.165, 1.54) is 4.57 Å². The fourth-order valence-corrected chi connectivity index (χ4v) is 5.10. The average molecular weight is 554 g/mol. The number of nitrogens with zero attached hydrogens (tertiary/aromatic N) is 5. The number of para-hydroxylation sites is 2. The Balaban J connectivity index is 1.67. The number of rotatable bonds is 8. The summed E-state index contributed by atoms with van der Waals surface area (Å²) in [5, 5.41) is 3.17. The Labute approximate surface area is 223 Å². The predicted molar refractivity (Wildman–Crippen MR) is 143 cm³/mol. The first kappa shape index (κ1) is 26.5. The van der Waals surface area contributed by atoms with Crippen LogP contribution in [-0.4, -0.2) is 40.8 Å². The summed E-state index contributed by atoms with van der Waals surface area (Å²) in [6.07, 6.45) is -0.0738. The third-order valence-corrected chi connectivity index (χ3v) is 6.72. The Hall–Kier alpha value is -4.15. The second-order valence-corrected chi connectivity index (χ2v) is 10.9. The lowest BCUT2D eigenvalue weighted by Crippen LogP contribution is -2.20. The van der Waals surface area contributed by atoms with Gasteiger partial charge in [-0.1, -0.05) is 24.8 Å². The minimum absolute atomic E-state index is 0.195. The van der Waals surface area contributed by atoms with Crippen LogP contribution in [0.25, 0.3) is 16.0 Å². The molecule has 0 spiro atoms. The van der Waals surface area contributed by atoms with E-state index in [1.807, 2.05) is 0 Å². The Morgan fingerprint density at radius 2 is 1.87 bits per heavy atom. The molecule has 13 heteroatoms. The van der Waals surface area contributed by atoms with Crippen molar-refractivity contribution >= 4 is 44.1 Å². The van der Waals surface area contributed by atoms with Crippen LogP contribution < -0.4 is 10.0 Å². The molecule has 5 rings (SSSR count). The maximum absolute atomic E-state index is 14.3. The van der Waals surface area contributed by atoms with Gasteiger partial charge in [0.1, 0.15) is 17.4 Å². The lowest BCUT2D eigenvalue weighted by Gasteiger charge is -2.25. The summed E-state index contributed by atoms with van der Waals surface area (Å²) in [5.41, 5.74) is 2.52. The molecule has 4 heterocycles. The Morgan fingerprint density at radius 1 is 1.08 bits per heavy atom. The van der Waals surface area contributed by atoms with Crippen LogP contribution in [0.4, 0.5) is 31.7 Å². The zero-order valence-electron chi connectivity index (χ0n) is 20.9. The van der Waals surface area contributed by atoms with E-state index in [1.54, 1.807) is 48.5 Å². The number of halogens is 2.